The van der Waals surface area contributed by atoms with Crippen LogP contribution in [0.5, 0.6) is 11.5 Å². The first-order valence-corrected chi connectivity index (χ1v) is 16.5. The number of alkyl halides is 6. The first kappa shape index (κ1) is 38.0. The molecule has 49 heavy (non-hydrogen) atoms. The van der Waals surface area contributed by atoms with E-state index in [1.54, 1.807) is 36.4 Å². The molecule has 0 saturated carbocycles. The summed E-state index contributed by atoms with van der Waals surface area (Å²) in [5, 5.41) is 0. The van der Waals surface area contributed by atoms with Crippen molar-refractivity contribution < 1.29 is 40.6 Å². The summed E-state index contributed by atoms with van der Waals surface area (Å²) in [6, 6.07) is 26.2. The van der Waals surface area contributed by atoms with E-state index < -0.39 is 37.4 Å². The Labute approximate surface area is 285 Å². The van der Waals surface area contributed by atoms with Crippen LogP contribution in [0.1, 0.15) is 58.4 Å². The quantitative estimate of drug-likeness (QED) is 0.110. The van der Waals surface area contributed by atoms with Crippen LogP contribution in [-0.2, 0) is 48.0 Å². The summed E-state index contributed by atoms with van der Waals surface area (Å²) < 4.78 is 99.0. The number of halogens is 6. The SMILES string of the molecule is CCc1ccc(Cc2cc(CC(COC)C(F)(F)F)ccc2Oc2ccc(CC(COC)C(F)(F)F)cc2Cc2ccc(CC)cc2)cc1. The van der Waals surface area contributed by atoms with Crippen LogP contribution in [0, 0.1) is 11.8 Å². The lowest BCUT2D eigenvalue weighted by molar-refractivity contribution is -0.186. The molecule has 0 spiro atoms. The molecule has 2 atom stereocenters. The maximum Gasteiger partial charge on any atom is 0.394 e. The maximum atomic E-state index is 13.8. The van der Waals surface area contributed by atoms with Gasteiger partial charge in [-0.1, -0.05) is 86.6 Å². The number of methoxy groups -OCH3 is 2. The lowest BCUT2D eigenvalue weighted by Gasteiger charge is -2.22. The smallest absolute Gasteiger partial charge is 0.394 e. The molecule has 0 bridgehead atoms. The Hall–Kier alpha value is -3.82. The van der Waals surface area contributed by atoms with E-state index in [4.69, 9.17) is 14.2 Å². The second kappa shape index (κ2) is 17.2. The summed E-state index contributed by atoms with van der Waals surface area (Å²) in [6.07, 6.45) is -6.81. The predicted octanol–water partition coefficient (Wildman–Crippen LogP) is 10.5. The highest BCUT2D eigenvalue weighted by Gasteiger charge is 2.40. The van der Waals surface area contributed by atoms with Crippen molar-refractivity contribution in [2.24, 2.45) is 11.8 Å². The zero-order chi connectivity index (χ0) is 35.6. The number of hydrogen-bond donors (Lipinski definition) is 0. The van der Waals surface area contributed by atoms with Crippen molar-refractivity contribution in [1.29, 1.82) is 0 Å². The molecule has 264 valence electrons. The van der Waals surface area contributed by atoms with E-state index in [0.29, 0.717) is 46.6 Å². The third kappa shape index (κ3) is 11.1. The van der Waals surface area contributed by atoms with Crippen molar-refractivity contribution in [3.05, 3.63) is 129 Å². The molecule has 4 aromatic carbocycles. The van der Waals surface area contributed by atoms with Gasteiger partial charge >= 0.3 is 12.4 Å². The Morgan fingerprint density at radius 2 is 0.816 bits per heavy atom. The summed E-state index contributed by atoms with van der Waals surface area (Å²) >= 11 is 0. The van der Waals surface area contributed by atoms with E-state index >= 15 is 0 Å². The Kier molecular flexibility index (Phi) is 13.3. The van der Waals surface area contributed by atoms with Crippen LogP contribution in [-0.4, -0.2) is 39.8 Å². The van der Waals surface area contributed by atoms with Crippen molar-refractivity contribution in [2.75, 3.05) is 27.4 Å². The second-order valence-electron chi connectivity index (χ2n) is 12.5. The van der Waals surface area contributed by atoms with Gasteiger partial charge in [-0.25, -0.2) is 0 Å². The minimum absolute atomic E-state index is 0.255. The van der Waals surface area contributed by atoms with Crippen molar-refractivity contribution in [3.63, 3.8) is 0 Å². The second-order valence-corrected chi connectivity index (χ2v) is 12.5. The topological polar surface area (TPSA) is 27.7 Å². The van der Waals surface area contributed by atoms with Crippen LogP contribution >= 0.6 is 0 Å². The van der Waals surface area contributed by atoms with Gasteiger partial charge in [0.2, 0.25) is 0 Å². The Bertz CT molecular complexity index is 1490. The average Bonchev–Trinajstić information content (AvgIpc) is 3.06. The first-order chi connectivity index (χ1) is 23.3. The molecule has 0 radical (unpaired) electrons. The van der Waals surface area contributed by atoms with Gasteiger partial charge in [-0.05, 0) is 82.3 Å². The van der Waals surface area contributed by atoms with Gasteiger partial charge in [0.15, 0.2) is 0 Å². The van der Waals surface area contributed by atoms with Gasteiger partial charge in [0.05, 0.1) is 25.0 Å². The fraction of sp³-hybridized carbons (Fsp3) is 0.400. The molecule has 0 aliphatic heterocycles. The molecule has 0 aliphatic rings. The molecular formula is C40H44F6O3. The molecule has 4 rings (SSSR count). The largest absolute Gasteiger partial charge is 0.457 e. The van der Waals surface area contributed by atoms with Crippen LogP contribution in [0.2, 0.25) is 0 Å². The minimum atomic E-state index is -4.43. The van der Waals surface area contributed by atoms with Crippen molar-refractivity contribution in [2.45, 2.75) is 64.7 Å². The van der Waals surface area contributed by atoms with E-state index in [1.807, 2.05) is 48.5 Å². The van der Waals surface area contributed by atoms with E-state index in [9.17, 15) is 26.3 Å². The molecule has 0 amide bonds. The standard InChI is InChI=1S/C40H44F6O3/c1-5-27-7-11-29(12-8-27)19-33-21-31(23-35(25-47-3)39(41,42)43)15-17-37(33)49-38-18-16-32(24-36(26-48-4)40(44,45)46)22-34(38)20-30-13-9-28(6-2)10-14-30/h7-18,21-22,35-36H,5-6,19-20,23-26H2,1-4H3. The Morgan fingerprint density at radius 1 is 0.490 bits per heavy atom. The van der Waals surface area contributed by atoms with Gasteiger partial charge in [0, 0.05) is 27.1 Å². The number of ether oxygens (including phenoxy) is 3. The van der Waals surface area contributed by atoms with Gasteiger partial charge in [0.25, 0.3) is 0 Å². The molecule has 0 saturated heterocycles. The van der Waals surface area contributed by atoms with E-state index in [0.717, 1.165) is 35.1 Å². The van der Waals surface area contributed by atoms with E-state index in [1.165, 1.54) is 14.2 Å². The fourth-order valence-electron chi connectivity index (χ4n) is 5.85. The number of benzene rings is 4. The monoisotopic (exact) mass is 686 g/mol. The highest BCUT2D eigenvalue weighted by atomic mass is 19.4. The predicted molar refractivity (Wildman–Crippen MR) is 180 cm³/mol. The molecule has 9 heteroatoms. The third-order valence-corrected chi connectivity index (χ3v) is 8.75. The molecule has 0 fully saturated rings. The van der Waals surface area contributed by atoms with Gasteiger partial charge < -0.3 is 14.2 Å². The lowest BCUT2D eigenvalue weighted by Crippen LogP contribution is -2.29. The molecular weight excluding hydrogens is 642 g/mol. The average molecular weight is 687 g/mol. The minimum Gasteiger partial charge on any atom is -0.457 e. The number of rotatable bonds is 16. The van der Waals surface area contributed by atoms with Crippen molar-refractivity contribution >= 4 is 0 Å². The van der Waals surface area contributed by atoms with Crippen LogP contribution in [0.4, 0.5) is 26.3 Å². The third-order valence-electron chi connectivity index (χ3n) is 8.75. The van der Waals surface area contributed by atoms with E-state index in [2.05, 4.69) is 13.8 Å². The summed E-state index contributed by atoms with van der Waals surface area (Å²) in [4.78, 5) is 0. The lowest BCUT2D eigenvalue weighted by atomic mass is 9.94. The zero-order valence-corrected chi connectivity index (χ0v) is 28.4. The first-order valence-electron chi connectivity index (χ1n) is 16.5. The molecule has 2 unspecified atom stereocenters. The summed E-state index contributed by atoms with van der Waals surface area (Å²) in [5.41, 5.74) is 6.63. The summed E-state index contributed by atoms with van der Waals surface area (Å²) in [6.45, 7) is 3.21. The normalized spacial score (nSPS) is 13.3. The van der Waals surface area contributed by atoms with Crippen molar-refractivity contribution in [1.82, 2.24) is 0 Å². The molecule has 0 heterocycles. The maximum absolute atomic E-state index is 13.8. The molecule has 0 N–H and O–H groups in total. The summed E-state index contributed by atoms with van der Waals surface area (Å²) in [5.74, 6) is -2.42. The van der Waals surface area contributed by atoms with Gasteiger partial charge in [-0.15, -0.1) is 0 Å². The van der Waals surface area contributed by atoms with Crippen LogP contribution in [0.3, 0.4) is 0 Å². The number of hydrogen-bond acceptors (Lipinski definition) is 3. The molecule has 4 aromatic rings. The summed E-state index contributed by atoms with van der Waals surface area (Å²) in [7, 11) is 2.51. The van der Waals surface area contributed by atoms with Gasteiger partial charge in [-0.3, -0.25) is 0 Å². The Morgan fingerprint density at radius 3 is 1.12 bits per heavy atom. The van der Waals surface area contributed by atoms with Crippen LogP contribution in [0.15, 0.2) is 84.9 Å². The van der Waals surface area contributed by atoms with Gasteiger partial charge in [0.1, 0.15) is 11.5 Å². The molecule has 3 nitrogen and oxygen atoms in total. The van der Waals surface area contributed by atoms with Crippen LogP contribution < -0.4 is 4.74 Å². The molecule has 0 aliphatic carbocycles. The fourth-order valence-corrected chi connectivity index (χ4v) is 5.85. The Balaban J connectivity index is 1.74. The zero-order valence-electron chi connectivity index (χ0n) is 28.4. The van der Waals surface area contributed by atoms with Crippen molar-refractivity contribution in [3.8, 4) is 11.5 Å². The van der Waals surface area contributed by atoms with E-state index in [-0.39, 0.29) is 12.8 Å². The van der Waals surface area contributed by atoms with Gasteiger partial charge in [-0.2, -0.15) is 26.3 Å². The number of aryl methyl sites for hydroxylation is 2. The molecule has 0 aromatic heterocycles. The highest BCUT2D eigenvalue weighted by molar-refractivity contribution is 5.48. The highest BCUT2D eigenvalue weighted by Crippen LogP contribution is 2.36. The van der Waals surface area contributed by atoms with Crippen LogP contribution in [0.25, 0.3) is 0 Å².